The second-order valence-corrected chi connectivity index (χ2v) is 11.3. The van der Waals surface area contributed by atoms with Crippen LogP contribution in [0.15, 0.2) is 24.3 Å². The molecule has 1 aliphatic heterocycles. The first kappa shape index (κ1) is 28.1. The van der Waals surface area contributed by atoms with Gasteiger partial charge < -0.3 is 25.0 Å². The van der Waals surface area contributed by atoms with Crippen molar-refractivity contribution in [2.45, 2.75) is 65.0 Å². The fourth-order valence-corrected chi connectivity index (χ4v) is 5.76. The first-order valence-corrected chi connectivity index (χ1v) is 13.9. The highest BCUT2D eigenvalue weighted by molar-refractivity contribution is 6.06. The minimum Gasteiger partial charge on any atom is -0.486 e. The van der Waals surface area contributed by atoms with Crippen LogP contribution in [0.3, 0.4) is 0 Å². The number of carbonyl (C=O) groups is 2. The number of hydrogen-bond acceptors (Lipinski definition) is 6. The van der Waals surface area contributed by atoms with Gasteiger partial charge in [-0.25, -0.2) is 0 Å². The van der Waals surface area contributed by atoms with Crippen molar-refractivity contribution < 1.29 is 19.4 Å². The van der Waals surface area contributed by atoms with Crippen LogP contribution in [0, 0.1) is 18.8 Å². The lowest BCUT2D eigenvalue weighted by molar-refractivity contribution is 0.0332. The van der Waals surface area contributed by atoms with Crippen LogP contribution in [0.25, 0.3) is 0 Å². The molecule has 1 fully saturated rings. The number of likely N-dealkylation sites (N-methyl/N-ethyl adjacent to an activating group) is 1. The van der Waals surface area contributed by atoms with Gasteiger partial charge in [0.25, 0.3) is 11.8 Å². The maximum absolute atomic E-state index is 13.7. The van der Waals surface area contributed by atoms with Crippen molar-refractivity contribution in [1.29, 1.82) is 0 Å². The van der Waals surface area contributed by atoms with E-state index in [0.717, 1.165) is 12.2 Å². The number of hydrogen-bond donors (Lipinski definition) is 2. The van der Waals surface area contributed by atoms with Crippen molar-refractivity contribution >= 4 is 17.5 Å². The highest BCUT2D eigenvalue weighted by Gasteiger charge is 2.35. The molecule has 3 atom stereocenters. The maximum atomic E-state index is 13.7. The summed E-state index contributed by atoms with van der Waals surface area (Å²) in [6.45, 7) is 7.86. The SMILES string of the molecule is Cc1cc(C(=O)Nc2cccc3c2O[C@@H](CN(C)CC2CCCCC2)[C@H](C)CN([C@H](C)CO)C3=O)n(C)n1. The number of nitrogens with zero attached hydrogens (tertiary/aromatic N) is 4. The van der Waals surface area contributed by atoms with Gasteiger partial charge in [-0.3, -0.25) is 14.3 Å². The Labute approximate surface area is 226 Å². The van der Waals surface area contributed by atoms with E-state index in [0.29, 0.717) is 41.7 Å². The third kappa shape index (κ3) is 6.38. The number of para-hydroxylation sites is 1. The van der Waals surface area contributed by atoms with Crippen LogP contribution in [0.2, 0.25) is 0 Å². The van der Waals surface area contributed by atoms with E-state index >= 15 is 0 Å². The molecule has 0 unspecified atom stereocenters. The quantitative estimate of drug-likeness (QED) is 0.545. The van der Waals surface area contributed by atoms with Gasteiger partial charge in [-0.2, -0.15) is 5.10 Å². The summed E-state index contributed by atoms with van der Waals surface area (Å²) in [5, 5.41) is 17.2. The number of fused-ring (bicyclic) bond motifs is 1. The molecule has 9 nitrogen and oxygen atoms in total. The van der Waals surface area contributed by atoms with Crippen molar-refractivity contribution in [2.75, 3.05) is 38.6 Å². The average molecular weight is 526 g/mol. The van der Waals surface area contributed by atoms with Gasteiger partial charge in [0, 0.05) is 32.6 Å². The number of aliphatic hydroxyl groups excluding tert-OH is 1. The molecule has 2 heterocycles. The highest BCUT2D eigenvalue weighted by Crippen LogP contribution is 2.35. The Morgan fingerprint density at radius 2 is 2.00 bits per heavy atom. The number of aromatic nitrogens is 2. The van der Waals surface area contributed by atoms with E-state index in [-0.39, 0.29) is 36.5 Å². The number of amides is 2. The topological polar surface area (TPSA) is 99.9 Å². The second kappa shape index (κ2) is 12.3. The molecule has 1 aliphatic carbocycles. The van der Waals surface area contributed by atoms with E-state index < -0.39 is 0 Å². The fourth-order valence-electron chi connectivity index (χ4n) is 5.76. The van der Waals surface area contributed by atoms with Gasteiger partial charge >= 0.3 is 0 Å². The highest BCUT2D eigenvalue weighted by atomic mass is 16.5. The molecule has 1 aromatic carbocycles. The van der Waals surface area contributed by atoms with Gasteiger partial charge in [0.1, 0.15) is 11.8 Å². The molecule has 2 aliphatic rings. The van der Waals surface area contributed by atoms with Crippen LogP contribution < -0.4 is 10.1 Å². The Hall–Kier alpha value is -2.91. The zero-order valence-corrected chi connectivity index (χ0v) is 23.4. The van der Waals surface area contributed by atoms with Crippen molar-refractivity contribution in [1.82, 2.24) is 19.6 Å². The van der Waals surface area contributed by atoms with E-state index in [1.807, 2.05) is 13.8 Å². The average Bonchev–Trinajstić information content (AvgIpc) is 3.24. The molecule has 2 aromatic rings. The Morgan fingerprint density at radius 1 is 1.26 bits per heavy atom. The smallest absolute Gasteiger partial charge is 0.274 e. The minimum absolute atomic E-state index is 0.0124. The van der Waals surface area contributed by atoms with Crippen LogP contribution in [0.1, 0.15) is 72.5 Å². The number of ether oxygens (including phenoxy) is 1. The number of anilines is 1. The largest absolute Gasteiger partial charge is 0.486 e. The monoisotopic (exact) mass is 525 g/mol. The van der Waals surface area contributed by atoms with Crippen molar-refractivity contribution in [3.8, 4) is 5.75 Å². The zero-order chi connectivity index (χ0) is 27.4. The van der Waals surface area contributed by atoms with Crippen LogP contribution >= 0.6 is 0 Å². The summed E-state index contributed by atoms with van der Waals surface area (Å²) in [5.74, 6) is 0.560. The maximum Gasteiger partial charge on any atom is 0.274 e. The summed E-state index contributed by atoms with van der Waals surface area (Å²) < 4.78 is 8.20. The number of benzene rings is 1. The van der Waals surface area contributed by atoms with Gasteiger partial charge in [-0.1, -0.05) is 32.3 Å². The van der Waals surface area contributed by atoms with E-state index in [1.54, 1.807) is 40.9 Å². The molecule has 2 amide bonds. The molecule has 0 radical (unpaired) electrons. The Morgan fingerprint density at radius 3 is 2.66 bits per heavy atom. The van der Waals surface area contributed by atoms with E-state index in [2.05, 4.69) is 29.3 Å². The van der Waals surface area contributed by atoms with Crippen molar-refractivity contribution in [3.63, 3.8) is 0 Å². The predicted molar refractivity (Wildman–Crippen MR) is 148 cm³/mol. The number of rotatable bonds is 8. The zero-order valence-electron chi connectivity index (χ0n) is 23.4. The summed E-state index contributed by atoms with van der Waals surface area (Å²) in [6, 6.07) is 6.64. The summed E-state index contributed by atoms with van der Waals surface area (Å²) in [6.07, 6.45) is 6.28. The summed E-state index contributed by atoms with van der Waals surface area (Å²) >= 11 is 0. The molecular weight excluding hydrogens is 482 g/mol. The van der Waals surface area contributed by atoms with E-state index in [9.17, 15) is 14.7 Å². The number of carbonyl (C=O) groups excluding carboxylic acids is 2. The third-order valence-corrected chi connectivity index (χ3v) is 7.96. The van der Waals surface area contributed by atoms with Crippen molar-refractivity contribution in [3.05, 3.63) is 41.2 Å². The number of nitrogens with one attached hydrogen (secondary N) is 1. The van der Waals surface area contributed by atoms with Crippen LogP contribution in [-0.4, -0.2) is 81.9 Å². The van der Waals surface area contributed by atoms with Crippen LogP contribution in [0.5, 0.6) is 5.75 Å². The fraction of sp³-hybridized carbons (Fsp3) is 0.621. The van der Waals surface area contributed by atoms with Gasteiger partial charge in [-0.05, 0) is 57.9 Å². The molecule has 4 rings (SSSR count). The molecule has 0 bridgehead atoms. The minimum atomic E-state index is -0.341. The standard InChI is InChI=1S/C29H43N5O4/c1-19-15-34(21(3)18-35)29(37)23-12-9-13-24(30-28(36)25-14-20(2)31-33(25)5)27(23)38-26(19)17-32(4)16-22-10-7-6-8-11-22/h9,12-14,19,21-22,26,35H,6-8,10-11,15-18H2,1-5H3,(H,30,36)/t19-,21-,26+/m1/s1. The van der Waals surface area contributed by atoms with Crippen LogP contribution in [-0.2, 0) is 7.05 Å². The van der Waals surface area contributed by atoms with Gasteiger partial charge in [0.2, 0.25) is 0 Å². The number of aliphatic hydroxyl groups is 1. The molecule has 9 heteroatoms. The normalized spacial score (nSPS) is 21.4. The molecular formula is C29H43N5O4. The summed E-state index contributed by atoms with van der Waals surface area (Å²) in [4.78, 5) is 30.9. The molecule has 1 aromatic heterocycles. The summed E-state index contributed by atoms with van der Waals surface area (Å²) in [5.41, 5.74) is 2.00. The Bertz CT molecular complexity index is 1130. The lowest BCUT2D eigenvalue weighted by atomic mass is 9.89. The lowest BCUT2D eigenvalue weighted by Gasteiger charge is -2.39. The first-order valence-electron chi connectivity index (χ1n) is 13.9. The van der Waals surface area contributed by atoms with E-state index in [4.69, 9.17) is 4.74 Å². The molecule has 38 heavy (non-hydrogen) atoms. The lowest BCUT2D eigenvalue weighted by Crippen LogP contribution is -2.50. The van der Waals surface area contributed by atoms with Gasteiger partial charge in [-0.15, -0.1) is 0 Å². The Balaban J connectivity index is 1.65. The van der Waals surface area contributed by atoms with Gasteiger partial charge in [0.05, 0.1) is 29.6 Å². The first-order chi connectivity index (χ1) is 18.2. The molecule has 2 N–H and O–H groups in total. The molecule has 1 saturated carbocycles. The summed E-state index contributed by atoms with van der Waals surface area (Å²) in [7, 11) is 3.87. The second-order valence-electron chi connectivity index (χ2n) is 11.3. The van der Waals surface area contributed by atoms with Gasteiger partial charge in [0.15, 0.2) is 5.75 Å². The van der Waals surface area contributed by atoms with Crippen LogP contribution in [0.4, 0.5) is 5.69 Å². The molecule has 208 valence electrons. The van der Waals surface area contributed by atoms with E-state index in [1.165, 1.54) is 32.1 Å². The third-order valence-electron chi connectivity index (χ3n) is 7.96. The molecule has 0 saturated heterocycles. The molecule has 0 spiro atoms. The number of aryl methyl sites for hydroxylation is 2. The Kier molecular flexibility index (Phi) is 9.10. The van der Waals surface area contributed by atoms with Crippen molar-refractivity contribution in [2.24, 2.45) is 18.9 Å². The predicted octanol–water partition coefficient (Wildman–Crippen LogP) is 3.71.